The summed E-state index contributed by atoms with van der Waals surface area (Å²) in [6, 6.07) is 10.2. The van der Waals surface area contributed by atoms with Gasteiger partial charge in [0.05, 0.1) is 7.11 Å². The topological polar surface area (TPSA) is 60.2 Å². The van der Waals surface area contributed by atoms with Crippen molar-refractivity contribution in [2.45, 2.75) is 25.3 Å². The normalized spacial score (nSPS) is 12.1. The molecule has 3 N–H and O–H groups in total. The lowest BCUT2D eigenvalue weighted by molar-refractivity contribution is 0.413. The molecule has 0 aliphatic heterocycles. The van der Waals surface area contributed by atoms with Gasteiger partial charge in [0, 0.05) is 22.9 Å². The zero-order chi connectivity index (χ0) is 15.1. The average molecular weight is 350 g/mol. The van der Waals surface area contributed by atoms with E-state index in [1.54, 1.807) is 13.3 Å². The molecule has 1 aromatic heterocycles. The fraction of sp³-hybridized carbons (Fsp3) is 0.312. The van der Waals surface area contributed by atoms with Crippen molar-refractivity contribution in [1.82, 2.24) is 10.4 Å². The van der Waals surface area contributed by atoms with Crippen LogP contribution in [0.25, 0.3) is 0 Å². The number of aromatic nitrogens is 1. The van der Waals surface area contributed by atoms with Crippen LogP contribution < -0.4 is 16.0 Å². The Kier molecular flexibility index (Phi) is 6.17. The minimum atomic E-state index is 0.202. The maximum Gasteiger partial charge on any atom is 0.119 e. The van der Waals surface area contributed by atoms with Crippen LogP contribution in [0.5, 0.6) is 5.75 Å². The van der Waals surface area contributed by atoms with Crippen molar-refractivity contribution in [3.63, 3.8) is 0 Å². The molecule has 0 aliphatic carbocycles. The van der Waals surface area contributed by atoms with Gasteiger partial charge in [0.2, 0.25) is 0 Å². The third-order valence-electron chi connectivity index (χ3n) is 3.46. The highest BCUT2D eigenvalue weighted by Gasteiger charge is 2.11. The molecule has 0 saturated heterocycles. The molecule has 1 heterocycles. The van der Waals surface area contributed by atoms with E-state index >= 15 is 0 Å². The maximum atomic E-state index is 5.69. The van der Waals surface area contributed by atoms with Crippen molar-refractivity contribution < 1.29 is 4.74 Å². The summed E-state index contributed by atoms with van der Waals surface area (Å²) in [5.74, 6) is 6.55. The molecule has 4 nitrogen and oxygen atoms in total. The predicted octanol–water partition coefficient (Wildman–Crippen LogP) is 2.86. The van der Waals surface area contributed by atoms with E-state index in [-0.39, 0.29) is 6.04 Å². The van der Waals surface area contributed by atoms with E-state index in [2.05, 4.69) is 32.4 Å². The second-order valence-corrected chi connectivity index (χ2v) is 5.78. The van der Waals surface area contributed by atoms with Crippen LogP contribution in [0.3, 0.4) is 0 Å². The number of nitrogens with zero attached hydrogens (tertiary/aromatic N) is 1. The predicted molar refractivity (Wildman–Crippen MR) is 88.1 cm³/mol. The third-order valence-corrected chi connectivity index (χ3v) is 4.23. The lowest BCUT2D eigenvalue weighted by Crippen LogP contribution is -2.37. The second-order valence-electron chi connectivity index (χ2n) is 4.93. The van der Waals surface area contributed by atoms with Gasteiger partial charge in [-0.1, -0.05) is 22.0 Å². The van der Waals surface area contributed by atoms with Crippen LogP contribution >= 0.6 is 15.9 Å². The van der Waals surface area contributed by atoms with Gasteiger partial charge in [0.25, 0.3) is 0 Å². The van der Waals surface area contributed by atoms with Gasteiger partial charge in [-0.15, -0.1) is 0 Å². The summed E-state index contributed by atoms with van der Waals surface area (Å²) < 4.78 is 6.35. The van der Waals surface area contributed by atoms with Crippen LogP contribution in [0, 0.1) is 0 Å². The first kappa shape index (κ1) is 15.9. The molecular formula is C16H20BrN3O. The highest BCUT2D eigenvalue weighted by Crippen LogP contribution is 2.24. The summed E-state index contributed by atoms with van der Waals surface area (Å²) in [5.41, 5.74) is 5.31. The number of nitrogens with one attached hydrogen (secondary N) is 1. The minimum absolute atomic E-state index is 0.202. The number of pyridine rings is 1. The first-order valence-corrected chi connectivity index (χ1v) is 7.69. The number of methoxy groups -OCH3 is 1. The molecule has 2 rings (SSSR count). The summed E-state index contributed by atoms with van der Waals surface area (Å²) in [5, 5.41) is 0. The largest absolute Gasteiger partial charge is 0.497 e. The Morgan fingerprint density at radius 3 is 2.90 bits per heavy atom. The monoisotopic (exact) mass is 349 g/mol. The van der Waals surface area contributed by atoms with Gasteiger partial charge in [-0.2, -0.15) is 0 Å². The molecule has 0 amide bonds. The fourth-order valence-corrected chi connectivity index (χ4v) is 2.64. The van der Waals surface area contributed by atoms with Crippen LogP contribution in [-0.4, -0.2) is 18.1 Å². The van der Waals surface area contributed by atoms with E-state index in [0.717, 1.165) is 29.5 Å². The SMILES string of the molecule is COc1ccc(Br)c(CC(CCc2cccnc2)NN)c1. The quantitative estimate of drug-likeness (QED) is 0.596. The highest BCUT2D eigenvalue weighted by atomic mass is 79.9. The Labute approximate surface area is 133 Å². The van der Waals surface area contributed by atoms with Crippen LogP contribution in [0.2, 0.25) is 0 Å². The molecule has 112 valence electrons. The van der Waals surface area contributed by atoms with E-state index < -0.39 is 0 Å². The van der Waals surface area contributed by atoms with Crippen LogP contribution in [0.15, 0.2) is 47.2 Å². The van der Waals surface area contributed by atoms with Gasteiger partial charge in [0.15, 0.2) is 0 Å². The van der Waals surface area contributed by atoms with Gasteiger partial charge in [0.1, 0.15) is 5.75 Å². The third kappa shape index (κ3) is 4.81. The molecule has 0 aliphatic rings. The second kappa shape index (κ2) is 8.12. The Morgan fingerprint density at radius 2 is 2.24 bits per heavy atom. The molecule has 5 heteroatoms. The summed E-state index contributed by atoms with van der Waals surface area (Å²) in [6.07, 6.45) is 6.43. The molecule has 0 fully saturated rings. The smallest absolute Gasteiger partial charge is 0.119 e. The zero-order valence-electron chi connectivity index (χ0n) is 12.1. The molecular weight excluding hydrogens is 330 g/mol. The van der Waals surface area contributed by atoms with E-state index in [1.807, 2.05) is 30.5 Å². The Bertz CT molecular complexity index is 563. The molecule has 1 aromatic carbocycles. The molecule has 0 saturated carbocycles. The van der Waals surface area contributed by atoms with Crippen molar-refractivity contribution in [2.75, 3.05) is 7.11 Å². The summed E-state index contributed by atoms with van der Waals surface area (Å²) in [4.78, 5) is 4.13. The van der Waals surface area contributed by atoms with Crippen LogP contribution in [-0.2, 0) is 12.8 Å². The van der Waals surface area contributed by atoms with Gasteiger partial charge in [-0.25, -0.2) is 0 Å². The number of hydrazine groups is 1. The number of halogens is 1. The minimum Gasteiger partial charge on any atom is -0.497 e. The fourth-order valence-electron chi connectivity index (χ4n) is 2.23. The van der Waals surface area contributed by atoms with Crippen molar-refractivity contribution >= 4 is 15.9 Å². The lowest BCUT2D eigenvalue weighted by Gasteiger charge is -2.17. The number of aryl methyl sites for hydroxylation is 1. The molecule has 0 radical (unpaired) electrons. The summed E-state index contributed by atoms with van der Waals surface area (Å²) in [6.45, 7) is 0. The van der Waals surface area contributed by atoms with Crippen molar-refractivity contribution in [2.24, 2.45) is 5.84 Å². The number of hydrogen-bond donors (Lipinski definition) is 2. The number of rotatable bonds is 7. The van der Waals surface area contributed by atoms with E-state index in [9.17, 15) is 0 Å². The highest BCUT2D eigenvalue weighted by molar-refractivity contribution is 9.10. The Balaban J connectivity index is 1.99. The standard InChI is InChI=1S/C16H20BrN3O/c1-21-15-6-7-16(17)13(10-15)9-14(20-18)5-4-12-3-2-8-19-11-12/h2-3,6-8,10-11,14,20H,4-5,9,18H2,1H3. The Hall–Kier alpha value is -1.43. The van der Waals surface area contributed by atoms with E-state index in [1.165, 1.54) is 11.1 Å². The summed E-state index contributed by atoms with van der Waals surface area (Å²) >= 11 is 3.58. The number of benzene rings is 1. The van der Waals surface area contributed by atoms with Crippen LogP contribution in [0.4, 0.5) is 0 Å². The maximum absolute atomic E-state index is 5.69. The summed E-state index contributed by atoms with van der Waals surface area (Å²) in [7, 11) is 1.67. The zero-order valence-corrected chi connectivity index (χ0v) is 13.6. The first-order chi connectivity index (χ1) is 10.2. The molecule has 1 unspecified atom stereocenters. The molecule has 2 aromatic rings. The van der Waals surface area contributed by atoms with Gasteiger partial charge in [-0.3, -0.25) is 16.3 Å². The lowest BCUT2D eigenvalue weighted by atomic mass is 10.00. The van der Waals surface area contributed by atoms with Crippen molar-refractivity contribution in [3.05, 3.63) is 58.3 Å². The first-order valence-electron chi connectivity index (χ1n) is 6.90. The number of nitrogens with two attached hydrogens (primary N) is 1. The molecule has 1 atom stereocenters. The van der Waals surface area contributed by atoms with Gasteiger partial charge in [-0.05, 0) is 54.7 Å². The van der Waals surface area contributed by atoms with E-state index in [4.69, 9.17) is 10.6 Å². The molecule has 21 heavy (non-hydrogen) atoms. The molecule has 0 spiro atoms. The number of ether oxygens (including phenoxy) is 1. The van der Waals surface area contributed by atoms with Gasteiger partial charge < -0.3 is 4.74 Å². The van der Waals surface area contributed by atoms with Gasteiger partial charge >= 0.3 is 0 Å². The number of hydrogen-bond acceptors (Lipinski definition) is 4. The molecule has 0 bridgehead atoms. The van der Waals surface area contributed by atoms with Crippen molar-refractivity contribution in [3.8, 4) is 5.75 Å². The van der Waals surface area contributed by atoms with Crippen molar-refractivity contribution in [1.29, 1.82) is 0 Å². The Morgan fingerprint density at radius 1 is 1.38 bits per heavy atom. The van der Waals surface area contributed by atoms with E-state index in [0.29, 0.717) is 0 Å². The van der Waals surface area contributed by atoms with Crippen LogP contribution in [0.1, 0.15) is 17.5 Å². The average Bonchev–Trinajstić information content (AvgIpc) is 2.54.